The van der Waals surface area contributed by atoms with Crippen LogP contribution >= 0.6 is 0 Å². The Hall–Kier alpha value is -4.99. The predicted molar refractivity (Wildman–Crippen MR) is 170 cm³/mol. The number of nitrogens with one attached hydrogen (secondary N) is 5. The molecule has 0 saturated carbocycles. The van der Waals surface area contributed by atoms with E-state index in [-0.39, 0.29) is 30.9 Å². The number of phenols is 1. The number of aromatic nitrogens is 2. The first-order valence-corrected chi connectivity index (χ1v) is 15.3. The molecule has 11 N–H and O–H groups in total. The molecule has 5 amide bonds. The summed E-state index contributed by atoms with van der Waals surface area (Å²) in [5, 5.41) is 29.3. The lowest BCUT2D eigenvalue weighted by Gasteiger charge is -2.29. The number of nitrogens with zero attached hydrogens (tertiary/aromatic N) is 1. The molecule has 47 heavy (non-hydrogen) atoms. The van der Waals surface area contributed by atoms with E-state index >= 15 is 0 Å². The second-order valence-corrected chi connectivity index (χ2v) is 12.0. The van der Waals surface area contributed by atoms with Gasteiger partial charge in [0.2, 0.25) is 29.5 Å². The number of aliphatic carboxylic acids is 1. The highest BCUT2D eigenvalue weighted by Gasteiger charge is 2.34. The van der Waals surface area contributed by atoms with E-state index in [2.05, 4.69) is 31.2 Å². The SMILES string of the molecule is CC[C@H](C)[C@H](NC(=O)[C@H](Cc1ccc(O)cc1)NC(=O)[C@@H](N)Cc1cnc[nH]1)C(=O)N[C@@H](CC(N)=O)C(=O)N[C@@H](CC(C)C)C(=O)O. The van der Waals surface area contributed by atoms with E-state index in [1.54, 1.807) is 39.8 Å². The summed E-state index contributed by atoms with van der Waals surface area (Å²) in [6.07, 6.45) is 2.92. The second-order valence-electron chi connectivity index (χ2n) is 12.0. The number of phenolic OH excluding ortho intramolecular Hbond substituents is 1. The standard InChI is InChI=1S/C31H46N8O8/c1-5-17(4)26(30(45)37-23(13-25(33)41)28(43)38-24(31(46)47)10-16(2)3)39-29(44)22(11-18-6-8-20(40)9-7-18)36-27(42)21(32)12-19-14-34-15-35-19/h6-9,14-17,21-24,26,40H,5,10-13,32H2,1-4H3,(H2,33,41)(H,34,35)(H,36,42)(H,37,45)(H,38,43)(H,39,44)(H,46,47)/t17-,21-,22-,23-,24-,26-/m0/s1. The van der Waals surface area contributed by atoms with Gasteiger partial charge in [0.05, 0.1) is 18.8 Å². The molecule has 258 valence electrons. The molecule has 16 heteroatoms. The van der Waals surface area contributed by atoms with E-state index in [1.165, 1.54) is 24.7 Å². The first-order valence-electron chi connectivity index (χ1n) is 15.3. The molecule has 1 aromatic carbocycles. The lowest BCUT2D eigenvalue weighted by atomic mass is 9.96. The third-order valence-electron chi connectivity index (χ3n) is 7.49. The number of imidazole rings is 1. The molecule has 0 aliphatic rings. The largest absolute Gasteiger partial charge is 0.508 e. The van der Waals surface area contributed by atoms with Crippen LogP contribution in [0.15, 0.2) is 36.8 Å². The molecule has 0 radical (unpaired) electrons. The topological polar surface area (TPSA) is 272 Å². The van der Waals surface area contributed by atoms with E-state index < -0.39 is 78.1 Å². The van der Waals surface area contributed by atoms with Crippen LogP contribution in [0.3, 0.4) is 0 Å². The number of nitrogens with two attached hydrogens (primary N) is 2. The summed E-state index contributed by atoms with van der Waals surface area (Å²) in [5.41, 5.74) is 12.6. The quantitative estimate of drug-likeness (QED) is 0.0908. The lowest BCUT2D eigenvalue weighted by Crippen LogP contribution is -2.60. The molecule has 0 spiro atoms. The predicted octanol–water partition coefficient (Wildman–Crippen LogP) is -0.781. The number of amides is 5. The van der Waals surface area contributed by atoms with Crippen molar-refractivity contribution >= 4 is 35.5 Å². The molecule has 0 saturated heterocycles. The number of benzene rings is 1. The normalized spacial score (nSPS) is 14.9. The summed E-state index contributed by atoms with van der Waals surface area (Å²) in [7, 11) is 0. The lowest BCUT2D eigenvalue weighted by molar-refractivity contribution is -0.143. The highest BCUT2D eigenvalue weighted by atomic mass is 16.4. The molecule has 2 aromatic rings. The molecule has 0 aliphatic heterocycles. The van der Waals surface area contributed by atoms with Gasteiger partial charge >= 0.3 is 5.97 Å². The minimum Gasteiger partial charge on any atom is -0.508 e. The van der Waals surface area contributed by atoms with Crippen LogP contribution in [0.5, 0.6) is 5.75 Å². The van der Waals surface area contributed by atoms with Crippen molar-refractivity contribution in [1.29, 1.82) is 0 Å². The van der Waals surface area contributed by atoms with Gasteiger partial charge in [0.1, 0.15) is 29.9 Å². The van der Waals surface area contributed by atoms with Crippen LogP contribution in [-0.4, -0.2) is 85.9 Å². The maximum Gasteiger partial charge on any atom is 0.326 e. The summed E-state index contributed by atoms with van der Waals surface area (Å²) in [5.74, 6) is -5.91. The van der Waals surface area contributed by atoms with Gasteiger partial charge in [0, 0.05) is 24.7 Å². The van der Waals surface area contributed by atoms with Crippen molar-refractivity contribution < 1.29 is 39.0 Å². The van der Waals surface area contributed by atoms with Gasteiger partial charge < -0.3 is 47.9 Å². The van der Waals surface area contributed by atoms with Crippen molar-refractivity contribution in [3.05, 3.63) is 48.0 Å². The fourth-order valence-electron chi connectivity index (χ4n) is 4.67. The number of carboxylic acid groups (broad SMARTS) is 1. The van der Waals surface area contributed by atoms with Crippen LogP contribution in [0.25, 0.3) is 0 Å². The Labute approximate surface area is 272 Å². The number of carbonyl (C=O) groups excluding carboxylic acids is 5. The van der Waals surface area contributed by atoms with Gasteiger partial charge in [-0.2, -0.15) is 0 Å². The Morgan fingerprint density at radius 1 is 0.851 bits per heavy atom. The van der Waals surface area contributed by atoms with E-state index in [4.69, 9.17) is 11.5 Å². The Kier molecular flexibility index (Phi) is 14.8. The van der Waals surface area contributed by atoms with Gasteiger partial charge in [-0.1, -0.05) is 46.2 Å². The van der Waals surface area contributed by atoms with E-state index in [0.717, 1.165) is 0 Å². The maximum absolute atomic E-state index is 13.7. The minimum absolute atomic E-state index is 0.00213. The molecular weight excluding hydrogens is 612 g/mol. The Morgan fingerprint density at radius 2 is 1.45 bits per heavy atom. The zero-order chi connectivity index (χ0) is 35.3. The average molecular weight is 659 g/mol. The summed E-state index contributed by atoms with van der Waals surface area (Å²) in [4.78, 5) is 83.7. The van der Waals surface area contributed by atoms with E-state index in [1.807, 2.05) is 0 Å². The van der Waals surface area contributed by atoms with Crippen LogP contribution in [-0.2, 0) is 41.6 Å². The molecule has 6 atom stereocenters. The van der Waals surface area contributed by atoms with Gasteiger partial charge in [-0.3, -0.25) is 24.0 Å². The van der Waals surface area contributed by atoms with Gasteiger partial charge in [0.15, 0.2) is 0 Å². The number of rotatable bonds is 19. The van der Waals surface area contributed by atoms with Gasteiger partial charge in [-0.05, 0) is 36.0 Å². The monoisotopic (exact) mass is 658 g/mol. The fourth-order valence-corrected chi connectivity index (χ4v) is 4.67. The molecule has 0 bridgehead atoms. The number of H-pyrrole nitrogens is 1. The number of aromatic hydroxyl groups is 1. The summed E-state index contributed by atoms with van der Waals surface area (Å²) >= 11 is 0. The van der Waals surface area contributed by atoms with Gasteiger partial charge in [-0.15, -0.1) is 0 Å². The molecule has 0 unspecified atom stereocenters. The average Bonchev–Trinajstić information content (AvgIpc) is 3.51. The fraction of sp³-hybridized carbons (Fsp3) is 0.516. The highest BCUT2D eigenvalue weighted by molar-refractivity contribution is 5.97. The molecule has 1 aromatic heterocycles. The van der Waals surface area contributed by atoms with Crippen molar-refractivity contribution in [2.75, 3.05) is 0 Å². The Bertz CT molecular complexity index is 1370. The highest BCUT2D eigenvalue weighted by Crippen LogP contribution is 2.14. The number of hydrogen-bond donors (Lipinski definition) is 9. The van der Waals surface area contributed by atoms with Gasteiger partial charge in [0.25, 0.3) is 0 Å². The van der Waals surface area contributed by atoms with Crippen LogP contribution in [0, 0.1) is 11.8 Å². The Balaban J connectivity index is 2.29. The molecule has 2 rings (SSSR count). The summed E-state index contributed by atoms with van der Waals surface area (Å²) in [6, 6.07) is -0.302. The molecular formula is C31H46N8O8. The third-order valence-corrected chi connectivity index (χ3v) is 7.49. The smallest absolute Gasteiger partial charge is 0.326 e. The first kappa shape index (κ1) is 38.2. The molecule has 16 nitrogen and oxygen atoms in total. The minimum atomic E-state index is -1.52. The van der Waals surface area contributed by atoms with Crippen LogP contribution in [0.1, 0.15) is 58.2 Å². The Morgan fingerprint density at radius 3 is 1.98 bits per heavy atom. The third kappa shape index (κ3) is 12.7. The van der Waals surface area contributed by atoms with Crippen LogP contribution in [0.2, 0.25) is 0 Å². The number of aromatic amines is 1. The molecule has 0 fully saturated rings. The summed E-state index contributed by atoms with van der Waals surface area (Å²) in [6.45, 7) is 7.01. The maximum atomic E-state index is 13.7. The van der Waals surface area contributed by atoms with Gasteiger partial charge in [-0.25, -0.2) is 9.78 Å². The molecule has 1 heterocycles. The van der Waals surface area contributed by atoms with Crippen molar-refractivity contribution in [2.24, 2.45) is 23.3 Å². The number of carbonyl (C=O) groups is 6. The second kappa shape index (κ2) is 18.2. The summed E-state index contributed by atoms with van der Waals surface area (Å²) < 4.78 is 0. The number of carboxylic acids is 1. The number of hydrogen-bond acceptors (Lipinski definition) is 9. The van der Waals surface area contributed by atoms with Crippen molar-refractivity contribution in [1.82, 2.24) is 31.2 Å². The first-order chi connectivity index (χ1) is 22.1. The van der Waals surface area contributed by atoms with E-state index in [9.17, 15) is 39.0 Å². The zero-order valence-corrected chi connectivity index (χ0v) is 27.0. The van der Waals surface area contributed by atoms with Crippen molar-refractivity contribution in [3.8, 4) is 5.75 Å². The van der Waals surface area contributed by atoms with Crippen LogP contribution < -0.4 is 32.7 Å². The molecule has 0 aliphatic carbocycles. The van der Waals surface area contributed by atoms with Crippen LogP contribution in [0.4, 0.5) is 0 Å². The van der Waals surface area contributed by atoms with Crippen molar-refractivity contribution in [2.45, 2.75) is 90.0 Å². The zero-order valence-electron chi connectivity index (χ0n) is 27.0. The number of primary amides is 1. The van der Waals surface area contributed by atoms with E-state index in [0.29, 0.717) is 17.7 Å². The van der Waals surface area contributed by atoms with Crippen molar-refractivity contribution in [3.63, 3.8) is 0 Å².